The topological polar surface area (TPSA) is 38.1 Å². The van der Waals surface area contributed by atoms with Gasteiger partial charge in [0, 0.05) is 18.1 Å². The molecule has 1 aromatic carbocycles. The average Bonchev–Trinajstić information content (AvgIpc) is 2.78. The van der Waals surface area contributed by atoms with Crippen LogP contribution >= 0.6 is 11.6 Å². The standard InChI is InChI=1S/C27H36ClN3O/c1-27(2)18-11-10-17(22(27)14-18)12-13-30-19-6-5-7-20(30)16-21(15-19)31-24-9-4-3-8-23(24)29-25(28)26(31)32/h3-4,8-9,17-22H,5-7,10-16H2,1-2H3/t17-,18-,19?,20?,21?,22-/m0/s1. The molecule has 5 atom stereocenters. The van der Waals surface area contributed by atoms with E-state index in [0.29, 0.717) is 17.5 Å². The van der Waals surface area contributed by atoms with Gasteiger partial charge in [0.15, 0.2) is 5.15 Å². The van der Waals surface area contributed by atoms with Crippen molar-refractivity contribution in [3.63, 3.8) is 0 Å². The molecule has 0 amide bonds. The van der Waals surface area contributed by atoms with E-state index in [0.717, 1.165) is 41.6 Å². The van der Waals surface area contributed by atoms with Crippen molar-refractivity contribution in [2.24, 2.45) is 23.2 Å². The van der Waals surface area contributed by atoms with Crippen LogP contribution in [0.2, 0.25) is 5.15 Å². The Morgan fingerprint density at radius 3 is 2.50 bits per heavy atom. The highest BCUT2D eigenvalue weighted by atomic mass is 35.5. The smallest absolute Gasteiger partial charge is 0.288 e. The van der Waals surface area contributed by atoms with Crippen LogP contribution in [0.25, 0.3) is 11.0 Å². The normalized spacial score (nSPS) is 36.1. The van der Waals surface area contributed by atoms with Crippen molar-refractivity contribution >= 4 is 22.6 Å². The molecule has 3 saturated carbocycles. The molecule has 1 aromatic heterocycles. The molecular weight excluding hydrogens is 418 g/mol. The summed E-state index contributed by atoms with van der Waals surface area (Å²) in [4.78, 5) is 20.3. The van der Waals surface area contributed by atoms with Crippen molar-refractivity contribution in [3.05, 3.63) is 39.8 Å². The molecule has 2 aromatic rings. The minimum Gasteiger partial charge on any atom is -0.301 e. The zero-order chi connectivity index (χ0) is 22.0. The number of fused-ring (bicyclic) bond motifs is 5. The predicted octanol–water partition coefficient (Wildman–Crippen LogP) is 6.07. The van der Waals surface area contributed by atoms with Crippen LogP contribution in [0.5, 0.6) is 0 Å². The van der Waals surface area contributed by atoms with Crippen molar-refractivity contribution in [2.45, 2.75) is 89.8 Å². The highest BCUT2D eigenvalue weighted by Gasteiger charge is 2.54. The van der Waals surface area contributed by atoms with Gasteiger partial charge in [0.25, 0.3) is 5.56 Å². The molecule has 7 rings (SSSR count). The average molecular weight is 454 g/mol. The van der Waals surface area contributed by atoms with Crippen molar-refractivity contribution in [3.8, 4) is 0 Å². The van der Waals surface area contributed by atoms with Crippen molar-refractivity contribution in [1.29, 1.82) is 0 Å². The van der Waals surface area contributed by atoms with E-state index < -0.39 is 0 Å². The lowest BCUT2D eigenvalue weighted by Crippen LogP contribution is -2.55. The van der Waals surface area contributed by atoms with Gasteiger partial charge in [-0.1, -0.05) is 44.0 Å². The van der Waals surface area contributed by atoms with Gasteiger partial charge >= 0.3 is 0 Å². The van der Waals surface area contributed by atoms with Gasteiger partial charge in [-0.05, 0) is 93.2 Å². The fourth-order valence-corrected chi connectivity index (χ4v) is 8.32. The highest BCUT2D eigenvalue weighted by molar-refractivity contribution is 6.29. The fraction of sp³-hybridized carbons (Fsp3) is 0.704. The van der Waals surface area contributed by atoms with E-state index in [9.17, 15) is 4.79 Å². The maximum absolute atomic E-state index is 13.1. The van der Waals surface area contributed by atoms with Gasteiger partial charge in [-0.15, -0.1) is 0 Å². The molecule has 3 heterocycles. The number of nitrogens with zero attached hydrogens (tertiary/aromatic N) is 3. The molecule has 4 bridgehead atoms. The van der Waals surface area contributed by atoms with Gasteiger partial charge in [0.05, 0.1) is 11.0 Å². The van der Waals surface area contributed by atoms with Gasteiger partial charge < -0.3 is 4.57 Å². The molecule has 5 heteroatoms. The van der Waals surface area contributed by atoms with Crippen LogP contribution in [0.4, 0.5) is 0 Å². The van der Waals surface area contributed by atoms with E-state index >= 15 is 0 Å². The second-order valence-electron chi connectivity index (χ2n) is 11.7. The summed E-state index contributed by atoms with van der Waals surface area (Å²) >= 11 is 6.28. The van der Waals surface area contributed by atoms with Gasteiger partial charge in [-0.25, -0.2) is 4.98 Å². The first-order valence-corrected chi connectivity index (χ1v) is 13.2. The predicted molar refractivity (Wildman–Crippen MR) is 130 cm³/mol. The van der Waals surface area contributed by atoms with E-state index in [2.05, 4.69) is 23.7 Å². The first-order valence-electron chi connectivity index (χ1n) is 12.9. The fourth-order valence-electron chi connectivity index (χ4n) is 8.14. The van der Waals surface area contributed by atoms with Crippen LogP contribution in [0.1, 0.15) is 77.7 Å². The Labute approximate surface area is 196 Å². The summed E-state index contributed by atoms with van der Waals surface area (Å²) in [5, 5.41) is 0.106. The summed E-state index contributed by atoms with van der Waals surface area (Å²) in [6.07, 6.45) is 11.7. The number of piperidine rings is 2. The first-order chi connectivity index (χ1) is 15.4. The van der Waals surface area contributed by atoms with E-state index in [-0.39, 0.29) is 16.8 Å². The van der Waals surface area contributed by atoms with Crippen molar-refractivity contribution in [2.75, 3.05) is 6.54 Å². The molecule has 32 heavy (non-hydrogen) atoms. The van der Waals surface area contributed by atoms with Crippen LogP contribution < -0.4 is 5.56 Å². The number of benzene rings is 1. The van der Waals surface area contributed by atoms with Crippen LogP contribution in [0.15, 0.2) is 29.1 Å². The van der Waals surface area contributed by atoms with Crippen LogP contribution in [-0.4, -0.2) is 33.1 Å². The van der Waals surface area contributed by atoms with E-state index in [1.807, 2.05) is 28.8 Å². The quantitative estimate of drug-likeness (QED) is 0.563. The molecule has 4 nitrogen and oxygen atoms in total. The number of para-hydroxylation sites is 2. The third kappa shape index (κ3) is 3.27. The summed E-state index contributed by atoms with van der Waals surface area (Å²) in [5.41, 5.74) is 2.21. The van der Waals surface area contributed by atoms with E-state index in [1.54, 1.807) is 0 Å². The number of halogens is 1. The molecule has 5 aliphatic rings. The van der Waals surface area contributed by atoms with E-state index in [1.165, 1.54) is 51.5 Å². The van der Waals surface area contributed by atoms with Gasteiger partial charge in [-0.2, -0.15) is 0 Å². The number of hydrogen-bond donors (Lipinski definition) is 0. The first kappa shape index (κ1) is 21.2. The zero-order valence-electron chi connectivity index (χ0n) is 19.5. The van der Waals surface area contributed by atoms with Gasteiger partial charge in [-0.3, -0.25) is 9.69 Å². The van der Waals surface area contributed by atoms with Crippen LogP contribution in [0.3, 0.4) is 0 Å². The molecule has 0 N–H and O–H groups in total. The summed E-state index contributed by atoms with van der Waals surface area (Å²) in [5.74, 6) is 2.85. The molecule has 172 valence electrons. The Hall–Kier alpha value is -1.39. The Kier molecular flexibility index (Phi) is 5.18. The van der Waals surface area contributed by atoms with Crippen LogP contribution in [-0.2, 0) is 0 Å². The maximum Gasteiger partial charge on any atom is 0.288 e. The molecular formula is C27H36ClN3O. The lowest BCUT2D eigenvalue weighted by Gasteiger charge is -2.60. The summed E-state index contributed by atoms with van der Waals surface area (Å²) < 4.78 is 1.98. The number of rotatable bonds is 4. The third-order valence-electron chi connectivity index (χ3n) is 9.98. The summed E-state index contributed by atoms with van der Waals surface area (Å²) in [6.45, 7) is 6.27. The van der Waals surface area contributed by atoms with Crippen molar-refractivity contribution < 1.29 is 0 Å². The van der Waals surface area contributed by atoms with Gasteiger partial charge in [0.1, 0.15) is 0 Å². The largest absolute Gasteiger partial charge is 0.301 e. The Morgan fingerprint density at radius 2 is 1.78 bits per heavy atom. The molecule has 2 saturated heterocycles. The molecule has 0 radical (unpaired) electrons. The SMILES string of the molecule is CC1(C)[C@H]2CC[C@@H](CCN3C4CCCC3CC(n3c(=O)c(Cl)nc5ccccc53)C4)[C@@H]1C2. The monoisotopic (exact) mass is 453 g/mol. The highest BCUT2D eigenvalue weighted by Crippen LogP contribution is 2.62. The summed E-state index contributed by atoms with van der Waals surface area (Å²) in [7, 11) is 0. The molecule has 5 fully saturated rings. The second-order valence-corrected chi connectivity index (χ2v) is 12.0. The summed E-state index contributed by atoms with van der Waals surface area (Å²) in [6, 6.07) is 9.37. The number of aromatic nitrogens is 2. The minimum absolute atomic E-state index is 0.106. The minimum atomic E-state index is -0.120. The van der Waals surface area contributed by atoms with E-state index in [4.69, 9.17) is 11.6 Å². The number of hydrogen-bond acceptors (Lipinski definition) is 3. The van der Waals surface area contributed by atoms with Gasteiger partial charge in [0.2, 0.25) is 0 Å². The lowest BCUT2D eigenvalue weighted by molar-refractivity contribution is -0.111. The van der Waals surface area contributed by atoms with Crippen molar-refractivity contribution in [1.82, 2.24) is 14.5 Å². The Bertz CT molecular complexity index is 1060. The maximum atomic E-state index is 13.1. The Morgan fingerprint density at radius 1 is 1.03 bits per heavy atom. The molecule has 3 aliphatic carbocycles. The molecule has 2 unspecified atom stereocenters. The lowest BCUT2D eigenvalue weighted by atomic mass is 9.45. The zero-order valence-corrected chi connectivity index (χ0v) is 20.2. The second kappa shape index (κ2) is 7.84. The Balaban J connectivity index is 1.22. The molecule has 2 aliphatic heterocycles. The third-order valence-corrected chi connectivity index (χ3v) is 10.2. The molecule has 0 spiro atoms. The van der Waals surface area contributed by atoms with Crippen LogP contribution in [0, 0.1) is 23.2 Å².